The van der Waals surface area contributed by atoms with Gasteiger partial charge in [-0.15, -0.1) is 12.4 Å². The van der Waals surface area contributed by atoms with Gasteiger partial charge in [0.1, 0.15) is 12.3 Å². The topological polar surface area (TPSA) is 82.4 Å². The molecule has 0 saturated carbocycles. The molecule has 0 aromatic carbocycles. The fraction of sp³-hybridized carbons (Fsp3) is 0.833. The van der Waals surface area contributed by atoms with Crippen LogP contribution in [0.1, 0.15) is 0 Å². The van der Waals surface area contributed by atoms with Crippen molar-refractivity contribution < 1.29 is 4.79 Å². The molecular weight excluding hydrogens is 194 g/mol. The molecule has 76 valence electrons. The fourth-order valence-electron chi connectivity index (χ4n) is 1.68. The van der Waals surface area contributed by atoms with Gasteiger partial charge in [-0.3, -0.25) is 26.1 Å². The van der Waals surface area contributed by atoms with Gasteiger partial charge >= 0.3 is 0 Å². The van der Waals surface area contributed by atoms with Crippen LogP contribution in [0.2, 0.25) is 0 Å². The molecule has 0 spiro atoms. The van der Waals surface area contributed by atoms with E-state index in [1.54, 1.807) is 0 Å². The summed E-state index contributed by atoms with van der Waals surface area (Å²) in [5.74, 6) is -0.0150. The summed E-state index contributed by atoms with van der Waals surface area (Å²) in [6.07, 6.45) is -0.448. The van der Waals surface area contributed by atoms with E-state index in [0.717, 1.165) is 0 Å². The minimum Gasteiger partial charge on any atom is -0.327 e. The zero-order valence-electron chi connectivity index (χ0n) is 7.28. The van der Waals surface area contributed by atoms with Gasteiger partial charge in [0, 0.05) is 6.67 Å². The van der Waals surface area contributed by atoms with E-state index < -0.39 is 6.29 Å². The third kappa shape index (κ3) is 1.77. The Balaban J connectivity index is 0.000000845. The van der Waals surface area contributed by atoms with Crippen LogP contribution in [0.3, 0.4) is 0 Å². The lowest BCUT2D eigenvalue weighted by Crippen LogP contribution is -2.69. The van der Waals surface area contributed by atoms with Gasteiger partial charge in [-0.05, 0) is 7.05 Å². The number of amides is 1. The third-order valence-corrected chi connectivity index (χ3v) is 2.28. The summed E-state index contributed by atoms with van der Waals surface area (Å²) >= 11 is 0. The molecule has 7 heteroatoms. The molecule has 0 aromatic rings. The van der Waals surface area contributed by atoms with Gasteiger partial charge in [0.05, 0.1) is 6.17 Å². The molecule has 2 aliphatic heterocycles. The molecule has 1 amide bonds. The van der Waals surface area contributed by atoms with Crippen molar-refractivity contribution in [1.82, 2.24) is 20.9 Å². The highest BCUT2D eigenvalue weighted by atomic mass is 35.5. The summed E-state index contributed by atoms with van der Waals surface area (Å²) in [5, 5.41) is 8.80. The predicted octanol–water partition coefficient (Wildman–Crippen LogP) is -2.44. The normalized spacial score (nSPS) is 39.2. The van der Waals surface area contributed by atoms with Crippen LogP contribution in [-0.4, -0.2) is 43.0 Å². The molecule has 2 aliphatic rings. The van der Waals surface area contributed by atoms with Gasteiger partial charge in [-0.1, -0.05) is 0 Å². The Labute approximate surface area is 82.6 Å². The maximum absolute atomic E-state index is 11.4. The Morgan fingerprint density at radius 3 is 3.00 bits per heavy atom. The number of halogens is 1. The van der Waals surface area contributed by atoms with Crippen molar-refractivity contribution in [2.24, 2.45) is 5.73 Å². The molecule has 0 bridgehead atoms. The smallest absolute Gasteiger partial charge is 0.242 e. The molecule has 0 radical (unpaired) electrons. The highest BCUT2D eigenvalue weighted by Gasteiger charge is 2.41. The molecule has 6 nitrogen and oxygen atoms in total. The predicted molar refractivity (Wildman–Crippen MR) is 49.8 cm³/mol. The number of nitrogens with zero attached hydrogens (tertiary/aromatic N) is 1. The number of nitrogens with two attached hydrogens (primary N) is 1. The minimum atomic E-state index is -0.433. The Hall–Kier alpha value is -0.400. The second-order valence-corrected chi connectivity index (χ2v) is 3.19. The van der Waals surface area contributed by atoms with E-state index in [0.29, 0.717) is 6.67 Å². The average Bonchev–Trinajstić information content (AvgIpc) is 2.31. The number of hydrogen-bond acceptors (Lipinski definition) is 5. The molecule has 13 heavy (non-hydrogen) atoms. The molecule has 2 rings (SSSR count). The van der Waals surface area contributed by atoms with E-state index in [1.165, 1.54) is 0 Å². The first-order chi connectivity index (χ1) is 5.68. The molecule has 2 fully saturated rings. The monoisotopic (exact) mass is 207 g/mol. The number of likely N-dealkylation sites (N-methyl/N-ethyl adjacent to an activating group) is 1. The Bertz CT molecular complexity index is 213. The lowest BCUT2D eigenvalue weighted by Gasteiger charge is -2.32. The second-order valence-electron chi connectivity index (χ2n) is 3.19. The zero-order valence-corrected chi connectivity index (χ0v) is 8.10. The molecule has 0 aliphatic carbocycles. The third-order valence-electron chi connectivity index (χ3n) is 2.28. The number of rotatable bonds is 0. The van der Waals surface area contributed by atoms with Gasteiger partial charge in [-0.25, -0.2) is 0 Å². The maximum Gasteiger partial charge on any atom is 0.242 e. The van der Waals surface area contributed by atoms with Crippen LogP contribution in [0.25, 0.3) is 0 Å². The van der Waals surface area contributed by atoms with Crippen molar-refractivity contribution in [3.8, 4) is 0 Å². The summed E-state index contributed by atoms with van der Waals surface area (Å²) in [5.41, 5.74) is 5.52. The highest BCUT2D eigenvalue weighted by molar-refractivity contribution is 5.85. The van der Waals surface area contributed by atoms with Gasteiger partial charge < -0.3 is 5.32 Å². The van der Waals surface area contributed by atoms with Crippen LogP contribution >= 0.6 is 12.4 Å². The SMILES string of the molecule is CN1CNC2NC(N)NC(=O)C21.Cl. The largest absolute Gasteiger partial charge is 0.327 e. The standard InChI is InChI=1S/C6H13N5O.ClH/c1-11-2-8-4-3(11)5(12)10-6(7)9-4;/h3-4,6,8-9H,2,7H2,1H3,(H,10,12);1H. The average molecular weight is 208 g/mol. The summed E-state index contributed by atoms with van der Waals surface area (Å²) in [6, 6.07) is -0.134. The molecule has 2 saturated heterocycles. The van der Waals surface area contributed by atoms with Crippen LogP contribution in [0, 0.1) is 0 Å². The first-order valence-corrected chi connectivity index (χ1v) is 3.94. The fourth-order valence-corrected chi connectivity index (χ4v) is 1.68. The Morgan fingerprint density at radius 2 is 2.31 bits per heavy atom. The summed E-state index contributed by atoms with van der Waals surface area (Å²) in [6.45, 7) is 0.711. The van der Waals surface area contributed by atoms with Crippen LogP contribution in [0.5, 0.6) is 0 Å². The Morgan fingerprint density at radius 1 is 1.62 bits per heavy atom. The van der Waals surface area contributed by atoms with Crippen molar-refractivity contribution >= 4 is 18.3 Å². The molecule has 3 unspecified atom stereocenters. The van der Waals surface area contributed by atoms with E-state index >= 15 is 0 Å². The van der Waals surface area contributed by atoms with Crippen molar-refractivity contribution in [3.63, 3.8) is 0 Å². The first kappa shape index (κ1) is 10.7. The van der Waals surface area contributed by atoms with E-state index in [2.05, 4.69) is 16.0 Å². The van der Waals surface area contributed by atoms with E-state index in [4.69, 9.17) is 5.73 Å². The van der Waals surface area contributed by atoms with E-state index in [-0.39, 0.29) is 30.5 Å². The summed E-state index contributed by atoms with van der Waals surface area (Å²) in [4.78, 5) is 13.3. The van der Waals surface area contributed by atoms with Gasteiger partial charge in [0.2, 0.25) is 5.91 Å². The molecule has 3 atom stereocenters. The molecule has 5 N–H and O–H groups in total. The van der Waals surface area contributed by atoms with Crippen LogP contribution < -0.4 is 21.7 Å². The van der Waals surface area contributed by atoms with Crippen molar-refractivity contribution in [2.45, 2.75) is 18.5 Å². The van der Waals surface area contributed by atoms with E-state index in [1.807, 2.05) is 11.9 Å². The first-order valence-electron chi connectivity index (χ1n) is 3.94. The maximum atomic E-state index is 11.4. The Kier molecular flexibility index (Phi) is 3.09. The van der Waals surface area contributed by atoms with Crippen molar-refractivity contribution in [3.05, 3.63) is 0 Å². The van der Waals surface area contributed by atoms with Gasteiger partial charge in [-0.2, -0.15) is 0 Å². The molecule has 0 aromatic heterocycles. The van der Waals surface area contributed by atoms with Crippen molar-refractivity contribution in [1.29, 1.82) is 0 Å². The van der Waals surface area contributed by atoms with Crippen LogP contribution in [0.4, 0.5) is 0 Å². The number of carbonyl (C=O) groups excluding carboxylic acids is 1. The quantitative estimate of drug-likeness (QED) is 0.355. The highest BCUT2D eigenvalue weighted by Crippen LogP contribution is 2.10. The van der Waals surface area contributed by atoms with Crippen LogP contribution in [0.15, 0.2) is 0 Å². The number of carbonyl (C=O) groups is 1. The van der Waals surface area contributed by atoms with E-state index in [9.17, 15) is 4.79 Å². The summed E-state index contributed by atoms with van der Waals surface area (Å²) < 4.78 is 0. The number of fused-ring (bicyclic) bond motifs is 1. The van der Waals surface area contributed by atoms with Crippen molar-refractivity contribution in [2.75, 3.05) is 13.7 Å². The second kappa shape index (κ2) is 3.77. The summed E-state index contributed by atoms with van der Waals surface area (Å²) in [7, 11) is 1.90. The molecule has 2 heterocycles. The number of hydrogen-bond donors (Lipinski definition) is 4. The van der Waals surface area contributed by atoms with Crippen LogP contribution in [-0.2, 0) is 4.79 Å². The van der Waals surface area contributed by atoms with Gasteiger partial charge in [0.15, 0.2) is 0 Å². The number of nitrogens with one attached hydrogen (secondary N) is 3. The molecular formula is C6H14ClN5O. The van der Waals surface area contributed by atoms with Gasteiger partial charge in [0.25, 0.3) is 0 Å². The zero-order chi connectivity index (χ0) is 8.72. The lowest BCUT2D eigenvalue weighted by atomic mass is 10.2. The minimum absolute atomic E-state index is 0. The lowest BCUT2D eigenvalue weighted by molar-refractivity contribution is -0.128.